The lowest BCUT2D eigenvalue weighted by Gasteiger charge is -2.37. The molecule has 1 aliphatic heterocycles. The topological polar surface area (TPSA) is 64.7 Å². The van der Waals surface area contributed by atoms with Crippen molar-refractivity contribution in [1.82, 2.24) is 20.4 Å². The molecule has 2 aliphatic rings. The molecule has 1 atom stereocenters. The van der Waals surface area contributed by atoms with Crippen LogP contribution in [0.2, 0.25) is 5.02 Å². The fraction of sp³-hybridized carbons (Fsp3) is 0.600. The molecule has 1 aromatic carbocycles. The summed E-state index contributed by atoms with van der Waals surface area (Å²) in [6.07, 6.45) is 3.02. The lowest BCUT2D eigenvalue weighted by atomic mass is 10.1. The zero-order valence-corrected chi connectivity index (χ0v) is 16.7. The van der Waals surface area contributed by atoms with Gasteiger partial charge in [-0.15, -0.1) is 0 Å². The molecule has 1 saturated carbocycles. The van der Waals surface area contributed by atoms with E-state index in [-0.39, 0.29) is 17.9 Å². The molecule has 0 aromatic heterocycles. The van der Waals surface area contributed by atoms with Crippen LogP contribution in [0.5, 0.6) is 0 Å². The number of hydrogen-bond donors (Lipinski definition) is 2. The van der Waals surface area contributed by atoms with Crippen molar-refractivity contribution < 1.29 is 9.59 Å². The highest BCUT2D eigenvalue weighted by Crippen LogP contribution is 2.19. The summed E-state index contributed by atoms with van der Waals surface area (Å²) >= 11 is 5.88. The second kappa shape index (κ2) is 9.53. The van der Waals surface area contributed by atoms with E-state index in [0.29, 0.717) is 19.1 Å². The fourth-order valence-electron chi connectivity index (χ4n) is 3.28. The van der Waals surface area contributed by atoms with Crippen LogP contribution in [0.25, 0.3) is 0 Å². The van der Waals surface area contributed by atoms with Gasteiger partial charge in [0.1, 0.15) is 0 Å². The molecule has 2 fully saturated rings. The first-order valence-corrected chi connectivity index (χ1v) is 10.2. The monoisotopic (exact) mass is 392 g/mol. The van der Waals surface area contributed by atoms with E-state index in [0.717, 1.165) is 56.0 Å². The van der Waals surface area contributed by atoms with Crippen LogP contribution in [0, 0.1) is 0 Å². The number of amides is 2. The van der Waals surface area contributed by atoms with E-state index >= 15 is 0 Å². The molecule has 2 N–H and O–H groups in total. The number of nitrogens with one attached hydrogen (secondary N) is 2. The van der Waals surface area contributed by atoms with Crippen LogP contribution in [0.4, 0.5) is 0 Å². The lowest BCUT2D eigenvalue weighted by Crippen LogP contribution is -2.55. The van der Waals surface area contributed by atoms with Gasteiger partial charge in [-0.2, -0.15) is 0 Å². The number of carbonyl (C=O) groups is 2. The SMILES string of the molecule is CC(C(=O)NC1CC1)N1CCN(CC(=O)NCCc2ccc(Cl)cc2)CC1. The maximum Gasteiger partial charge on any atom is 0.237 e. The maximum absolute atomic E-state index is 12.2. The molecular weight excluding hydrogens is 364 g/mol. The van der Waals surface area contributed by atoms with Crippen molar-refractivity contribution in [3.63, 3.8) is 0 Å². The van der Waals surface area contributed by atoms with Crippen LogP contribution >= 0.6 is 11.6 Å². The van der Waals surface area contributed by atoms with Gasteiger partial charge in [-0.05, 0) is 43.9 Å². The third-order valence-corrected chi connectivity index (χ3v) is 5.53. The zero-order chi connectivity index (χ0) is 19.2. The molecular formula is C20H29ClN4O2. The summed E-state index contributed by atoms with van der Waals surface area (Å²) in [5.74, 6) is 0.183. The highest BCUT2D eigenvalue weighted by Gasteiger charge is 2.30. The summed E-state index contributed by atoms with van der Waals surface area (Å²) in [4.78, 5) is 28.7. The summed E-state index contributed by atoms with van der Waals surface area (Å²) in [6.45, 7) is 6.26. The quantitative estimate of drug-likeness (QED) is 0.699. The highest BCUT2D eigenvalue weighted by atomic mass is 35.5. The van der Waals surface area contributed by atoms with E-state index in [1.54, 1.807) is 0 Å². The summed E-state index contributed by atoms with van der Waals surface area (Å²) in [7, 11) is 0. The minimum Gasteiger partial charge on any atom is -0.355 e. The van der Waals surface area contributed by atoms with Crippen molar-refractivity contribution in [3.05, 3.63) is 34.9 Å². The van der Waals surface area contributed by atoms with Crippen molar-refractivity contribution in [2.75, 3.05) is 39.3 Å². The van der Waals surface area contributed by atoms with Crippen LogP contribution in [-0.4, -0.2) is 73.0 Å². The van der Waals surface area contributed by atoms with Gasteiger partial charge in [-0.1, -0.05) is 23.7 Å². The average Bonchev–Trinajstić information content (AvgIpc) is 3.47. The van der Waals surface area contributed by atoms with Crippen molar-refractivity contribution >= 4 is 23.4 Å². The Bertz CT molecular complexity index is 640. The van der Waals surface area contributed by atoms with Crippen LogP contribution < -0.4 is 10.6 Å². The molecule has 1 aliphatic carbocycles. The third-order valence-electron chi connectivity index (χ3n) is 5.27. The molecule has 27 heavy (non-hydrogen) atoms. The van der Waals surface area contributed by atoms with Gasteiger partial charge in [0.05, 0.1) is 12.6 Å². The van der Waals surface area contributed by atoms with Gasteiger partial charge in [-0.25, -0.2) is 0 Å². The molecule has 1 unspecified atom stereocenters. The second-order valence-corrected chi connectivity index (χ2v) is 7.93. The minimum atomic E-state index is -0.0963. The smallest absolute Gasteiger partial charge is 0.237 e. The van der Waals surface area contributed by atoms with Gasteiger partial charge in [0.2, 0.25) is 11.8 Å². The summed E-state index contributed by atoms with van der Waals surface area (Å²) in [5, 5.41) is 6.77. The van der Waals surface area contributed by atoms with Crippen LogP contribution in [0.15, 0.2) is 24.3 Å². The van der Waals surface area contributed by atoms with E-state index in [1.807, 2.05) is 31.2 Å². The summed E-state index contributed by atoms with van der Waals surface area (Å²) < 4.78 is 0. The number of piperazine rings is 1. The van der Waals surface area contributed by atoms with E-state index < -0.39 is 0 Å². The Balaban J connectivity index is 1.31. The van der Waals surface area contributed by atoms with E-state index in [1.165, 1.54) is 0 Å². The van der Waals surface area contributed by atoms with Crippen molar-refractivity contribution in [2.24, 2.45) is 0 Å². The lowest BCUT2D eigenvalue weighted by molar-refractivity contribution is -0.128. The molecule has 6 nitrogen and oxygen atoms in total. The maximum atomic E-state index is 12.2. The zero-order valence-electron chi connectivity index (χ0n) is 15.9. The average molecular weight is 393 g/mol. The number of carbonyl (C=O) groups excluding carboxylic acids is 2. The molecule has 1 aromatic rings. The standard InChI is InChI=1S/C20H29ClN4O2/c1-15(20(27)23-18-6-7-18)25-12-10-24(11-13-25)14-19(26)22-9-8-16-2-4-17(21)5-3-16/h2-5,15,18H,6-14H2,1H3,(H,22,26)(H,23,27). The fourth-order valence-corrected chi connectivity index (χ4v) is 3.41. The largest absolute Gasteiger partial charge is 0.355 e. The van der Waals surface area contributed by atoms with Crippen LogP contribution in [0.3, 0.4) is 0 Å². The summed E-state index contributed by atoms with van der Waals surface area (Å²) in [5.41, 5.74) is 1.16. The Labute approximate surface area is 166 Å². The predicted octanol–water partition coefficient (Wildman–Crippen LogP) is 1.28. The van der Waals surface area contributed by atoms with Crippen molar-refractivity contribution in [3.8, 4) is 0 Å². The van der Waals surface area contributed by atoms with Gasteiger partial charge in [0.15, 0.2) is 0 Å². The van der Waals surface area contributed by atoms with E-state index in [2.05, 4.69) is 20.4 Å². The molecule has 0 spiro atoms. The molecule has 2 amide bonds. The Morgan fingerprint density at radius 1 is 1.15 bits per heavy atom. The number of rotatable bonds is 8. The Hall–Kier alpha value is -1.63. The first-order valence-electron chi connectivity index (χ1n) is 9.79. The minimum absolute atomic E-state index is 0.0527. The Kier molecular flexibility index (Phi) is 7.10. The van der Waals surface area contributed by atoms with Crippen molar-refractivity contribution in [2.45, 2.75) is 38.3 Å². The molecule has 0 bridgehead atoms. The number of benzene rings is 1. The summed E-state index contributed by atoms with van der Waals surface area (Å²) in [6, 6.07) is 8.00. The molecule has 1 saturated heterocycles. The predicted molar refractivity (Wildman–Crippen MR) is 107 cm³/mol. The molecule has 7 heteroatoms. The first kappa shape index (κ1) is 20.1. The highest BCUT2D eigenvalue weighted by molar-refractivity contribution is 6.30. The van der Waals surface area contributed by atoms with Crippen LogP contribution in [-0.2, 0) is 16.0 Å². The number of halogens is 1. The molecule has 0 radical (unpaired) electrons. The number of nitrogens with zero attached hydrogens (tertiary/aromatic N) is 2. The molecule has 3 rings (SSSR count). The Morgan fingerprint density at radius 3 is 2.44 bits per heavy atom. The third kappa shape index (κ3) is 6.48. The van der Waals surface area contributed by atoms with Crippen molar-refractivity contribution in [1.29, 1.82) is 0 Å². The Morgan fingerprint density at radius 2 is 1.81 bits per heavy atom. The first-order chi connectivity index (χ1) is 13.0. The van der Waals surface area contributed by atoms with Gasteiger partial charge in [-0.3, -0.25) is 19.4 Å². The molecule has 148 valence electrons. The molecule has 1 heterocycles. The van der Waals surface area contributed by atoms with E-state index in [9.17, 15) is 9.59 Å². The number of hydrogen-bond acceptors (Lipinski definition) is 4. The second-order valence-electron chi connectivity index (χ2n) is 7.50. The normalized spacial score (nSPS) is 19.5. The van der Waals surface area contributed by atoms with Crippen LogP contribution in [0.1, 0.15) is 25.3 Å². The van der Waals surface area contributed by atoms with Gasteiger partial charge in [0.25, 0.3) is 0 Å². The van der Waals surface area contributed by atoms with Gasteiger partial charge >= 0.3 is 0 Å². The van der Waals surface area contributed by atoms with Gasteiger partial charge in [0, 0.05) is 43.8 Å². The van der Waals surface area contributed by atoms with Gasteiger partial charge < -0.3 is 10.6 Å². The van der Waals surface area contributed by atoms with E-state index in [4.69, 9.17) is 11.6 Å².